The second kappa shape index (κ2) is 5.60. The molecule has 2 heterocycles. The molecule has 6 nitrogen and oxygen atoms in total. The van der Waals surface area contributed by atoms with E-state index >= 15 is 0 Å². The molecule has 108 valence electrons. The molecule has 7 heteroatoms. The summed E-state index contributed by atoms with van der Waals surface area (Å²) in [6.07, 6.45) is 3.07. The van der Waals surface area contributed by atoms with Crippen LogP contribution in [0.4, 0.5) is 0 Å². The van der Waals surface area contributed by atoms with Gasteiger partial charge in [-0.25, -0.2) is 13.4 Å². The normalized spacial score (nSPS) is 19.2. The van der Waals surface area contributed by atoms with Crippen molar-refractivity contribution in [2.45, 2.75) is 18.9 Å². The van der Waals surface area contributed by atoms with Gasteiger partial charge in [0, 0.05) is 46.0 Å². The van der Waals surface area contributed by atoms with Crippen LogP contribution in [0.25, 0.3) is 0 Å². The van der Waals surface area contributed by atoms with Gasteiger partial charge in [0.15, 0.2) is 5.03 Å². The Kier molecular flexibility index (Phi) is 4.27. The van der Waals surface area contributed by atoms with E-state index in [0.717, 1.165) is 19.6 Å². The van der Waals surface area contributed by atoms with E-state index in [-0.39, 0.29) is 5.03 Å². The van der Waals surface area contributed by atoms with Crippen molar-refractivity contribution in [1.82, 2.24) is 18.8 Å². The first-order valence-corrected chi connectivity index (χ1v) is 8.04. The zero-order chi connectivity index (χ0) is 14.0. The van der Waals surface area contributed by atoms with Gasteiger partial charge in [-0.1, -0.05) is 13.8 Å². The number of imidazole rings is 1. The highest BCUT2D eigenvalue weighted by Gasteiger charge is 2.30. The molecule has 0 amide bonds. The van der Waals surface area contributed by atoms with Crippen LogP contribution in [0.2, 0.25) is 0 Å². The molecule has 1 aliphatic heterocycles. The zero-order valence-electron chi connectivity index (χ0n) is 11.8. The van der Waals surface area contributed by atoms with E-state index in [1.807, 2.05) is 0 Å². The van der Waals surface area contributed by atoms with Crippen molar-refractivity contribution in [3.05, 3.63) is 12.5 Å². The van der Waals surface area contributed by atoms with Gasteiger partial charge in [0.1, 0.15) is 0 Å². The van der Waals surface area contributed by atoms with Gasteiger partial charge in [0.2, 0.25) is 0 Å². The summed E-state index contributed by atoms with van der Waals surface area (Å²) in [5, 5.41) is 0.146. The van der Waals surface area contributed by atoms with Crippen molar-refractivity contribution in [3.63, 3.8) is 0 Å². The highest BCUT2D eigenvalue weighted by Crippen LogP contribution is 2.15. The maximum absolute atomic E-state index is 12.4. The Morgan fingerprint density at radius 3 is 2.37 bits per heavy atom. The Labute approximate surface area is 115 Å². The summed E-state index contributed by atoms with van der Waals surface area (Å²) in [6, 6.07) is 0. The van der Waals surface area contributed by atoms with Gasteiger partial charge in [0.05, 0.1) is 6.33 Å². The Morgan fingerprint density at radius 1 is 1.26 bits per heavy atom. The van der Waals surface area contributed by atoms with Gasteiger partial charge < -0.3 is 9.47 Å². The van der Waals surface area contributed by atoms with Crippen molar-refractivity contribution in [1.29, 1.82) is 0 Å². The summed E-state index contributed by atoms with van der Waals surface area (Å²) in [5.41, 5.74) is 0. The molecule has 0 unspecified atom stereocenters. The summed E-state index contributed by atoms with van der Waals surface area (Å²) >= 11 is 0. The lowest BCUT2D eigenvalue weighted by Gasteiger charge is -2.34. The lowest BCUT2D eigenvalue weighted by atomic mass is 10.2. The van der Waals surface area contributed by atoms with Gasteiger partial charge in [-0.3, -0.25) is 0 Å². The number of hydrogen-bond donors (Lipinski definition) is 0. The minimum absolute atomic E-state index is 0.146. The molecule has 0 atom stereocenters. The van der Waals surface area contributed by atoms with Gasteiger partial charge in [-0.15, -0.1) is 0 Å². The maximum atomic E-state index is 12.4. The Bertz CT molecular complexity index is 516. The van der Waals surface area contributed by atoms with Crippen molar-refractivity contribution in [3.8, 4) is 0 Å². The minimum Gasteiger partial charge on any atom is -0.339 e. The third kappa shape index (κ3) is 3.34. The number of hydrogen-bond acceptors (Lipinski definition) is 4. The molecular weight excluding hydrogens is 264 g/mol. The lowest BCUT2D eigenvalue weighted by molar-refractivity contribution is 0.172. The summed E-state index contributed by atoms with van der Waals surface area (Å²) in [4.78, 5) is 6.26. The van der Waals surface area contributed by atoms with Crippen LogP contribution in [0.15, 0.2) is 17.6 Å². The van der Waals surface area contributed by atoms with Crippen LogP contribution in [0.1, 0.15) is 13.8 Å². The molecule has 0 spiro atoms. The number of nitrogens with zero attached hydrogens (tertiary/aromatic N) is 4. The van der Waals surface area contributed by atoms with E-state index in [9.17, 15) is 8.42 Å². The standard InChI is InChI=1S/C12H22N4O2S/c1-11(2)8-15-4-6-16(7-5-15)19(17,18)12-9-14(3)10-13-12/h9-11H,4-8H2,1-3H3. The highest BCUT2D eigenvalue weighted by atomic mass is 32.2. The maximum Gasteiger partial charge on any atom is 0.262 e. The molecule has 2 rings (SSSR count). The molecule has 1 aromatic heterocycles. The molecule has 0 radical (unpaired) electrons. The molecule has 1 saturated heterocycles. The van der Waals surface area contributed by atoms with Crippen molar-refractivity contribution in [2.24, 2.45) is 13.0 Å². The molecule has 0 N–H and O–H groups in total. The van der Waals surface area contributed by atoms with Gasteiger partial charge in [-0.2, -0.15) is 4.31 Å². The fourth-order valence-electron chi connectivity index (χ4n) is 2.32. The monoisotopic (exact) mass is 286 g/mol. The van der Waals surface area contributed by atoms with E-state index in [1.165, 1.54) is 10.6 Å². The fourth-order valence-corrected chi connectivity index (χ4v) is 3.71. The number of piperazine rings is 1. The minimum atomic E-state index is -3.42. The van der Waals surface area contributed by atoms with Crippen LogP contribution in [-0.4, -0.2) is 59.9 Å². The van der Waals surface area contributed by atoms with E-state index in [2.05, 4.69) is 23.7 Å². The number of aromatic nitrogens is 2. The molecule has 19 heavy (non-hydrogen) atoms. The largest absolute Gasteiger partial charge is 0.339 e. The van der Waals surface area contributed by atoms with Crippen LogP contribution in [-0.2, 0) is 17.1 Å². The van der Waals surface area contributed by atoms with E-state index in [4.69, 9.17) is 0 Å². The zero-order valence-corrected chi connectivity index (χ0v) is 12.6. The number of sulfonamides is 1. The molecule has 1 aliphatic rings. The Hall–Kier alpha value is -0.920. The summed E-state index contributed by atoms with van der Waals surface area (Å²) in [5.74, 6) is 0.610. The molecule has 0 aromatic carbocycles. The molecule has 0 bridgehead atoms. The second-order valence-electron chi connectivity index (χ2n) is 5.48. The predicted molar refractivity (Wildman–Crippen MR) is 73.2 cm³/mol. The van der Waals surface area contributed by atoms with Crippen molar-refractivity contribution < 1.29 is 8.42 Å². The molecule has 1 aromatic rings. The Morgan fingerprint density at radius 2 is 1.89 bits per heavy atom. The molecular formula is C12H22N4O2S. The van der Waals surface area contributed by atoms with Crippen LogP contribution in [0.5, 0.6) is 0 Å². The average Bonchev–Trinajstić information content (AvgIpc) is 2.76. The SMILES string of the molecule is CC(C)CN1CCN(S(=O)(=O)c2cn(C)cn2)CC1. The summed E-state index contributed by atoms with van der Waals surface area (Å²) in [6.45, 7) is 8.07. The van der Waals surface area contributed by atoms with Gasteiger partial charge >= 0.3 is 0 Å². The van der Waals surface area contributed by atoms with Crippen molar-refractivity contribution >= 4 is 10.0 Å². The van der Waals surface area contributed by atoms with Crippen LogP contribution >= 0.6 is 0 Å². The first-order chi connectivity index (χ1) is 8.89. The molecule has 0 saturated carbocycles. The third-order valence-electron chi connectivity index (χ3n) is 3.24. The number of rotatable bonds is 4. The molecule has 0 aliphatic carbocycles. The highest BCUT2D eigenvalue weighted by molar-refractivity contribution is 7.89. The smallest absolute Gasteiger partial charge is 0.262 e. The van der Waals surface area contributed by atoms with Crippen LogP contribution in [0, 0.1) is 5.92 Å². The first-order valence-electron chi connectivity index (χ1n) is 6.60. The number of aryl methyl sites for hydroxylation is 1. The Balaban J connectivity index is 2.01. The van der Waals surface area contributed by atoms with Gasteiger partial charge in [0.25, 0.3) is 10.0 Å². The first kappa shape index (κ1) is 14.5. The van der Waals surface area contributed by atoms with Crippen LogP contribution < -0.4 is 0 Å². The topological polar surface area (TPSA) is 58.4 Å². The summed E-state index contributed by atoms with van der Waals surface area (Å²) in [7, 11) is -1.65. The van der Waals surface area contributed by atoms with Gasteiger partial charge in [-0.05, 0) is 5.92 Å². The van der Waals surface area contributed by atoms with Crippen LogP contribution in [0.3, 0.4) is 0 Å². The summed E-state index contributed by atoms with van der Waals surface area (Å²) < 4.78 is 27.9. The lowest BCUT2D eigenvalue weighted by Crippen LogP contribution is -2.49. The average molecular weight is 286 g/mol. The predicted octanol–water partition coefficient (Wildman–Crippen LogP) is 0.382. The van der Waals surface area contributed by atoms with E-state index in [1.54, 1.807) is 17.8 Å². The van der Waals surface area contributed by atoms with E-state index in [0.29, 0.717) is 19.0 Å². The van der Waals surface area contributed by atoms with E-state index < -0.39 is 10.0 Å². The molecule has 1 fully saturated rings. The third-order valence-corrected chi connectivity index (χ3v) is 5.02. The van der Waals surface area contributed by atoms with Crippen molar-refractivity contribution in [2.75, 3.05) is 32.7 Å². The quantitative estimate of drug-likeness (QED) is 0.803. The second-order valence-corrected chi connectivity index (χ2v) is 7.36. The fraction of sp³-hybridized carbons (Fsp3) is 0.750.